The third-order valence-corrected chi connectivity index (χ3v) is 1.53. The lowest BCUT2D eigenvalue weighted by molar-refractivity contribution is -0.119. The highest BCUT2D eigenvalue weighted by Crippen LogP contribution is 2.03. The number of carbonyl (C=O) groups is 1. The topological polar surface area (TPSA) is 41.1 Å². The molecular weight excluding hydrogens is 135 g/mol. The van der Waals surface area contributed by atoms with E-state index in [1.165, 1.54) is 6.92 Å². The molecule has 0 bridgehead atoms. The van der Waals surface area contributed by atoms with E-state index in [4.69, 9.17) is 0 Å². The number of rotatable bonds is 1. The maximum atomic E-state index is 12.7. The molecule has 1 saturated heterocycles. The number of nitrogens with one attached hydrogen (secondary N) is 2. The van der Waals surface area contributed by atoms with Gasteiger partial charge in [-0.25, -0.2) is 4.39 Å². The van der Waals surface area contributed by atoms with Crippen LogP contribution in [-0.2, 0) is 4.79 Å². The van der Waals surface area contributed by atoms with E-state index < -0.39 is 6.17 Å². The van der Waals surface area contributed by atoms with Crippen LogP contribution >= 0.6 is 0 Å². The van der Waals surface area contributed by atoms with Crippen molar-refractivity contribution in [3.63, 3.8) is 0 Å². The quantitative estimate of drug-likeness (QED) is 0.520. The van der Waals surface area contributed by atoms with Crippen LogP contribution in [0.4, 0.5) is 4.39 Å². The van der Waals surface area contributed by atoms with E-state index >= 15 is 0 Å². The average molecular weight is 146 g/mol. The van der Waals surface area contributed by atoms with Crippen molar-refractivity contribution in [2.75, 3.05) is 13.1 Å². The summed E-state index contributed by atoms with van der Waals surface area (Å²) < 4.78 is 12.7. The van der Waals surface area contributed by atoms with Gasteiger partial charge in [-0.3, -0.25) is 4.79 Å². The van der Waals surface area contributed by atoms with Crippen LogP contribution in [0.3, 0.4) is 0 Å². The summed E-state index contributed by atoms with van der Waals surface area (Å²) in [5.74, 6) is -0.170. The lowest BCUT2D eigenvalue weighted by Gasteiger charge is -2.11. The van der Waals surface area contributed by atoms with Gasteiger partial charge in [0.25, 0.3) is 0 Å². The average Bonchev–Trinajstić information content (AvgIpc) is 2.15. The third kappa shape index (κ3) is 1.67. The maximum absolute atomic E-state index is 12.7. The summed E-state index contributed by atoms with van der Waals surface area (Å²) in [5, 5.41) is 5.35. The summed E-state index contributed by atoms with van der Waals surface area (Å²) in [5.41, 5.74) is 0. The molecule has 0 spiro atoms. The van der Waals surface area contributed by atoms with Crippen molar-refractivity contribution in [1.82, 2.24) is 10.6 Å². The number of amides is 1. The standard InChI is InChI=1S/C6H11FN2O/c1-4(10)9-6-3-8-2-5(6)7/h5-6,8H,2-3H2,1H3,(H,9,10). The van der Waals surface area contributed by atoms with Crippen LogP contribution in [0.5, 0.6) is 0 Å². The first kappa shape index (κ1) is 7.47. The van der Waals surface area contributed by atoms with Gasteiger partial charge >= 0.3 is 0 Å². The SMILES string of the molecule is CC(=O)NC1CNCC1F. The molecule has 58 valence electrons. The van der Waals surface area contributed by atoms with E-state index in [0.717, 1.165) is 0 Å². The molecular formula is C6H11FN2O. The van der Waals surface area contributed by atoms with E-state index in [0.29, 0.717) is 13.1 Å². The van der Waals surface area contributed by atoms with Crippen LogP contribution in [0.2, 0.25) is 0 Å². The van der Waals surface area contributed by atoms with E-state index in [1.807, 2.05) is 0 Å². The molecule has 1 aliphatic heterocycles. The molecule has 0 aromatic heterocycles. The first-order valence-corrected chi connectivity index (χ1v) is 3.32. The van der Waals surface area contributed by atoms with E-state index in [9.17, 15) is 9.18 Å². The summed E-state index contributed by atoms with van der Waals surface area (Å²) in [7, 11) is 0. The number of hydrogen-bond donors (Lipinski definition) is 2. The second kappa shape index (κ2) is 2.96. The third-order valence-electron chi connectivity index (χ3n) is 1.53. The van der Waals surface area contributed by atoms with E-state index in [2.05, 4.69) is 10.6 Å². The normalized spacial score (nSPS) is 32.2. The minimum Gasteiger partial charge on any atom is -0.349 e. The van der Waals surface area contributed by atoms with Crippen molar-refractivity contribution >= 4 is 5.91 Å². The van der Waals surface area contributed by atoms with Crippen molar-refractivity contribution in [3.05, 3.63) is 0 Å². The summed E-state index contributed by atoms with van der Waals surface area (Å²) >= 11 is 0. The van der Waals surface area contributed by atoms with Crippen molar-refractivity contribution < 1.29 is 9.18 Å². The van der Waals surface area contributed by atoms with Gasteiger partial charge in [0.05, 0.1) is 6.04 Å². The van der Waals surface area contributed by atoms with Crippen molar-refractivity contribution in [2.24, 2.45) is 0 Å². The van der Waals surface area contributed by atoms with Crippen LogP contribution in [-0.4, -0.2) is 31.2 Å². The van der Waals surface area contributed by atoms with Crippen molar-refractivity contribution in [3.8, 4) is 0 Å². The molecule has 2 N–H and O–H groups in total. The zero-order valence-electron chi connectivity index (χ0n) is 5.86. The summed E-state index contributed by atoms with van der Waals surface area (Å²) in [6, 6.07) is -0.322. The molecule has 0 aromatic rings. The van der Waals surface area contributed by atoms with E-state index in [-0.39, 0.29) is 11.9 Å². The van der Waals surface area contributed by atoms with Gasteiger partial charge in [-0.2, -0.15) is 0 Å². The predicted octanol–water partition coefficient (Wildman–Crippen LogP) is -0.568. The minimum atomic E-state index is -0.927. The predicted molar refractivity (Wildman–Crippen MR) is 35.4 cm³/mol. The molecule has 0 aromatic carbocycles. The second-order valence-corrected chi connectivity index (χ2v) is 2.48. The van der Waals surface area contributed by atoms with Crippen molar-refractivity contribution in [1.29, 1.82) is 0 Å². The number of halogens is 1. The molecule has 2 atom stereocenters. The van der Waals surface area contributed by atoms with Crippen LogP contribution in [0.15, 0.2) is 0 Å². The molecule has 3 nitrogen and oxygen atoms in total. The molecule has 1 aliphatic rings. The molecule has 1 amide bonds. The van der Waals surface area contributed by atoms with E-state index in [1.54, 1.807) is 0 Å². The van der Waals surface area contributed by atoms with Gasteiger partial charge in [-0.15, -0.1) is 0 Å². The number of hydrogen-bond acceptors (Lipinski definition) is 2. The Kier molecular flexibility index (Phi) is 2.21. The summed E-state index contributed by atoms with van der Waals surface area (Å²) in [4.78, 5) is 10.4. The van der Waals surface area contributed by atoms with Gasteiger partial charge in [0, 0.05) is 20.0 Å². The summed E-state index contributed by atoms with van der Waals surface area (Å²) in [6.45, 7) is 2.29. The second-order valence-electron chi connectivity index (χ2n) is 2.48. The molecule has 10 heavy (non-hydrogen) atoms. The van der Waals surface area contributed by atoms with Crippen LogP contribution in [0, 0.1) is 0 Å². The van der Waals surface area contributed by atoms with Gasteiger partial charge in [-0.1, -0.05) is 0 Å². The van der Waals surface area contributed by atoms with Gasteiger partial charge in [0.1, 0.15) is 6.17 Å². The molecule has 1 rings (SSSR count). The van der Waals surface area contributed by atoms with Gasteiger partial charge in [0.2, 0.25) is 5.91 Å². The van der Waals surface area contributed by atoms with Crippen LogP contribution in [0.1, 0.15) is 6.92 Å². The Hall–Kier alpha value is -0.640. The zero-order valence-corrected chi connectivity index (χ0v) is 5.86. The zero-order chi connectivity index (χ0) is 7.56. The summed E-state index contributed by atoms with van der Waals surface area (Å²) in [6.07, 6.45) is -0.927. The monoisotopic (exact) mass is 146 g/mol. The Balaban J connectivity index is 2.33. The largest absolute Gasteiger partial charge is 0.349 e. The highest BCUT2D eigenvalue weighted by Gasteiger charge is 2.26. The molecule has 1 fully saturated rings. The molecule has 4 heteroatoms. The lowest BCUT2D eigenvalue weighted by Crippen LogP contribution is -2.39. The molecule has 0 aliphatic carbocycles. The molecule has 1 heterocycles. The minimum absolute atomic E-state index is 0.170. The Morgan fingerprint density at radius 1 is 1.70 bits per heavy atom. The fourth-order valence-electron chi connectivity index (χ4n) is 1.05. The van der Waals surface area contributed by atoms with Crippen LogP contribution in [0.25, 0.3) is 0 Å². The fraction of sp³-hybridized carbons (Fsp3) is 0.833. The Morgan fingerprint density at radius 3 is 2.80 bits per heavy atom. The highest BCUT2D eigenvalue weighted by atomic mass is 19.1. The highest BCUT2D eigenvalue weighted by molar-refractivity contribution is 5.73. The Morgan fingerprint density at radius 2 is 2.40 bits per heavy atom. The Labute approximate surface area is 59.0 Å². The Bertz CT molecular complexity index is 140. The van der Waals surface area contributed by atoms with Gasteiger partial charge < -0.3 is 10.6 Å². The smallest absolute Gasteiger partial charge is 0.217 e. The number of carbonyl (C=O) groups excluding carboxylic acids is 1. The fourth-order valence-corrected chi connectivity index (χ4v) is 1.05. The first-order chi connectivity index (χ1) is 4.70. The van der Waals surface area contributed by atoms with Gasteiger partial charge in [0.15, 0.2) is 0 Å². The van der Waals surface area contributed by atoms with Gasteiger partial charge in [-0.05, 0) is 0 Å². The molecule has 0 radical (unpaired) electrons. The first-order valence-electron chi connectivity index (χ1n) is 3.32. The lowest BCUT2D eigenvalue weighted by atomic mass is 10.2. The maximum Gasteiger partial charge on any atom is 0.217 e. The van der Waals surface area contributed by atoms with Crippen LogP contribution < -0.4 is 10.6 Å². The molecule has 0 saturated carbocycles. The van der Waals surface area contributed by atoms with Crippen molar-refractivity contribution in [2.45, 2.75) is 19.1 Å². The molecule has 2 unspecified atom stereocenters. The number of alkyl halides is 1.